The van der Waals surface area contributed by atoms with Gasteiger partial charge in [0.1, 0.15) is 12.2 Å². The summed E-state index contributed by atoms with van der Waals surface area (Å²) >= 11 is 0. The van der Waals surface area contributed by atoms with Crippen molar-refractivity contribution in [2.45, 2.75) is 23.9 Å². The largest absolute Gasteiger partial charge is 0.452 e. The highest BCUT2D eigenvalue weighted by Gasteiger charge is 2.51. The Labute approximate surface area is 161 Å². The van der Waals surface area contributed by atoms with Gasteiger partial charge in [-0.15, -0.1) is 0 Å². The van der Waals surface area contributed by atoms with Crippen molar-refractivity contribution in [3.63, 3.8) is 0 Å². The molecule has 7 nitrogen and oxygen atoms in total. The maximum Gasteiger partial charge on any atom is 0.338 e. The number of carbonyl (C=O) groups excluding carboxylic acids is 2. The predicted octanol–water partition coefficient (Wildman–Crippen LogP) is 1.09. The minimum Gasteiger partial charge on any atom is -0.452 e. The van der Waals surface area contributed by atoms with Gasteiger partial charge in [-0.3, -0.25) is 0 Å². The molecule has 2 aromatic carbocycles. The third-order valence-electron chi connectivity index (χ3n) is 4.54. The van der Waals surface area contributed by atoms with Crippen molar-refractivity contribution in [2.75, 3.05) is 6.61 Å². The molecule has 0 heterocycles. The second-order valence-corrected chi connectivity index (χ2v) is 6.41. The average Bonchev–Trinajstić information content (AvgIpc) is 2.74. The number of ether oxygens (including phenoxy) is 2. The highest BCUT2D eigenvalue weighted by atomic mass is 16.6. The molecule has 0 spiro atoms. The SMILES string of the molecule is O=C(O[C@@H]1C=C[C@@H](OC(=O)c2ccccc2)[C@@](O)(CO)[C@H]1O)c1ccccc1. The van der Waals surface area contributed by atoms with Crippen LogP contribution in [0.3, 0.4) is 0 Å². The molecule has 0 saturated carbocycles. The third-order valence-corrected chi connectivity index (χ3v) is 4.54. The van der Waals surface area contributed by atoms with E-state index in [1.165, 1.54) is 24.3 Å². The van der Waals surface area contributed by atoms with Crippen LogP contribution >= 0.6 is 0 Å². The van der Waals surface area contributed by atoms with Crippen LogP contribution in [0.5, 0.6) is 0 Å². The molecule has 0 aliphatic heterocycles. The molecule has 146 valence electrons. The summed E-state index contributed by atoms with van der Waals surface area (Å²) in [4.78, 5) is 24.5. The first-order chi connectivity index (χ1) is 13.5. The second-order valence-electron chi connectivity index (χ2n) is 6.41. The van der Waals surface area contributed by atoms with Gasteiger partial charge in [0.05, 0.1) is 17.7 Å². The first kappa shape index (κ1) is 19.8. The standard InChI is InChI=1S/C21H20O7/c22-13-21(26)17(28-20(25)15-9-5-2-6-10-15)12-11-16(18(21)23)27-19(24)14-7-3-1-4-8-14/h1-12,16-18,22-23,26H,13H2/t16-,17-,18+,21+/m1/s1. The van der Waals surface area contributed by atoms with E-state index in [1.54, 1.807) is 48.5 Å². The van der Waals surface area contributed by atoms with Gasteiger partial charge < -0.3 is 24.8 Å². The number of hydrogen-bond donors (Lipinski definition) is 3. The quantitative estimate of drug-likeness (QED) is 0.522. The van der Waals surface area contributed by atoms with Gasteiger partial charge in [-0.1, -0.05) is 36.4 Å². The van der Waals surface area contributed by atoms with E-state index in [-0.39, 0.29) is 11.1 Å². The van der Waals surface area contributed by atoms with Crippen molar-refractivity contribution in [1.29, 1.82) is 0 Å². The van der Waals surface area contributed by atoms with Gasteiger partial charge in [-0.2, -0.15) is 0 Å². The van der Waals surface area contributed by atoms with Gasteiger partial charge in [0, 0.05) is 0 Å². The Bertz CT molecular complexity index is 850. The smallest absolute Gasteiger partial charge is 0.338 e. The monoisotopic (exact) mass is 384 g/mol. The van der Waals surface area contributed by atoms with Crippen molar-refractivity contribution in [2.24, 2.45) is 0 Å². The van der Waals surface area contributed by atoms with E-state index >= 15 is 0 Å². The summed E-state index contributed by atoms with van der Waals surface area (Å²) < 4.78 is 10.5. The summed E-state index contributed by atoms with van der Waals surface area (Å²) in [5, 5.41) is 30.9. The van der Waals surface area contributed by atoms with Crippen molar-refractivity contribution < 1.29 is 34.4 Å². The minimum atomic E-state index is -2.24. The Hall–Kier alpha value is -3.00. The molecule has 3 rings (SSSR count). The molecule has 7 heteroatoms. The average molecular weight is 384 g/mol. The van der Waals surface area contributed by atoms with Gasteiger partial charge in [0.25, 0.3) is 0 Å². The van der Waals surface area contributed by atoms with Crippen LogP contribution in [-0.2, 0) is 9.47 Å². The summed E-state index contributed by atoms with van der Waals surface area (Å²) in [6.45, 7) is -0.912. The van der Waals surface area contributed by atoms with Crippen LogP contribution in [0.1, 0.15) is 20.7 Å². The number of esters is 2. The topological polar surface area (TPSA) is 113 Å². The zero-order valence-corrected chi connectivity index (χ0v) is 14.8. The molecule has 0 unspecified atom stereocenters. The molecule has 1 aliphatic carbocycles. The van der Waals surface area contributed by atoms with Gasteiger partial charge in [-0.25, -0.2) is 9.59 Å². The van der Waals surface area contributed by atoms with Crippen molar-refractivity contribution in [3.05, 3.63) is 83.9 Å². The molecule has 3 N–H and O–H groups in total. The summed E-state index contributed by atoms with van der Waals surface area (Å²) in [6, 6.07) is 16.3. The van der Waals surface area contributed by atoms with Crippen molar-refractivity contribution >= 4 is 11.9 Å². The van der Waals surface area contributed by atoms with E-state index in [0.29, 0.717) is 0 Å². The molecule has 28 heavy (non-hydrogen) atoms. The van der Waals surface area contributed by atoms with Gasteiger partial charge in [0.15, 0.2) is 11.7 Å². The number of carbonyl (C=O) groups is 2. The maximum absolute atomic E-state index is 12.3. The normalized spacial score (nSPS) is 26.5. The molecular weight excluding hydrogens is 364 g/mol. The number of aliphatic hydroxyl groups is 3. The van der Waals surface area contributed by atoms with Gasteiger partial charge in [-0.05, 0) is 36.4 Å². The Kier molecular flexibility index (Phi) is 5.89. The number of hydrogen-bond acceptors (Lipinski definition) is 7. The van der Waals surface area contributed by atoms with Crippen LogP contribution in [0.2, 0.25) is 0 Å². The van der Waals surface area contributed by atoms with Crippen LogP contribution in [0, 0.1) is 0 Å². The van der Waals surface area contributed by atoms with Gasteiger partial charge in [0.2, 0.25) is 0 Å². The van der Waals surface area contributed by atoms with Crippen LogP contribution in [0.15, 0.2) is 72.8 Å². The van der Waals surface area contributed by atoms with E-state index in [9.17, 15) is 24.9 Å². The highest BCUT2D eigenvalue weighted by Crippen LogP contribution is 2.29. The zero-order valence-electron chi connectivity index (χ0n) is 14.8. The molecule has 0 radical (unpaired) electrons. The maximum atomic E-state index is 12.3. The summed E-state index contributed by atoms with van der Waals surface area (Å²) in [5.41, 5.74) is -1.71. The lowest BCUT2D eigenvalue weighted by Crippen LogP contribution is -2.62. The van der Waals surface area contributed by atoms with Crippen molar-refractivity contribution in [1.82, 2.24) is 0 Å². The molecule has 0 aromatic heterocycles. The van der Waals surface area contributed by atoms with Crippen LogP contribution in [0.4, 0.5) is 0 Å². The Morgan fingerprint density at radius 3 is 1.86 bits per heavy atom. The summed E-state index contributed by atoms with van der Waals surface area (Å²) in [7, 11) is 0. The Morgan fingerprint density at radius 1 is 0.857 bits per heavy atom. The lowest BCUT2D eigenvalue weighted by Gasteiger charge is -2.41. The first-order valence-electron chi connectivity index (χ1n) is 8.67. The third kappa shape index (κ3) is 3.96. The number of rotatable bonds is 5. The Morgan fingerprint density at radius 2 is 1.36 bits per heavy atom. The molecular formula is C21H20O7. The molecule has 2 aromatic rings. The minimum absolute atomic E-state index is 0.253. The summed E-state index contributed by atoms with van der Waals surface area (Å²) in [5.74, 6) is -1.43. The Balaban J connectivity index is 1.76. The molecule has 4 atom stereocenters. The number of aliphatic hydroxyl groups excluding tert-OH is 2. The molecule has 0 bridgehead atoms. The molecule has 0 amide bonds. The van der Waals surface area contributed by atoms with E-state index in [1.807, 2.05) is 0 Å². The van der Waals surface area contributed by atoms with Crippen LogP contribution in [0.25, 0.3) is 0 Å². The number of benzene rings is 2. The zero-order chi connectivity index (χ0) is 20.1. The fraction of sp³-hybridized carbons (Fsp3) is 0.238. The first-order valence-corrected chi connectivity index (χ1v) is 8.67. The van der Waals surface area contributed by atoms with Gasteiger partial charge >= 0.3 is 11.9 Å². The summed E-state index contributed by atoms with van der Waals surface area (Å²) in [6.07, 6.45) is -1.65. The second kappa shape index (κ2) is 8.35. The van der Waals surface area contributed by atoms with E-state index in [2.05, 4.69) is 0 Å². The molecule has 0 saturated heterocycles. The van der Waals surface area contributed by atoms with Crippen LogP contribution in [-0.4, -0.2) is 57.8 Å². The lowest BCUT2D eigenvalue weighted by atomic mass is 9.82. The van der Waals surface area contributed by atoms with Crippen LogP contribution < -0.4 is 0 Å². The highest BCUT2D eigenvalue weighted by molar-refractivity contribution is 5.90. The predicted molar refractivity (Wildman–Crippen MR) is 98.5 cm³/mol. The van der Waals surface area contributed by atoms with Crippen molar-refractivity contribution in [3.8, 4) is 0 Å². The van der Waals surface area contributed by atoms with E-state index < -0.39 is 42.5 Å². The molecule has 1 aliphatic rings. The lowest BCUT2D eigenvalue weighted by molar-refractivity contribution is -0.183. The molecule has 0 fully saturated rings. The fourth-order valence-electron chi connectivity index (χ4n) is 2.89. The van der Waals surface area contributed by atoms with E-state index in [4.69, 9.17) is 9.47 Å². The fourth-order valence-corrected chi connectivity index (χ4v) is 2.89. The van der Waals surface area contributed by atoms with E-state index in [0.717, 1.165) is 0 Å².